The zero-order chi connectivity index (χ0) is 14.7. The van der Waals surface area contributed by atoms with Crippen molar-refractivity contribution in [2.75, 3.05) is 19.7 Å². The average Bonchev–Trinajstić information content (AvgIpc) is 3.12. The van der Waals surface area contributed by atoms with Crippen molar-refractivity contribution >= 4 is 5.91 Å². The highest BCUT2D eigenvalue weighted by Crippen LogP contribution is 2.30. The molecule has 2 aliphatic heterocycles. The molecule has 1 aromatic heterocycles. The summed E-state index contributed by atoms with van der Waals surface area (Å²) in [5.41, 5.74) is 5.45. The van der Waals surface area contributed by atoms with E-state index in [2.05, 4.69) is 10.1 Å². The molecule has 1 amide bonds. The zero-order valence-electron chi connectivity index (χ0n) is 12.2. The van der Waals surface area contributed by atoms with Crippen molar-refractivity contribution < 1.29 is 14.1 Å². The molecule has 2 atom stereocenters. The van der Waals surface area contributed by atoms with Gasteiger partial charge in [0.1, 0.15) is 0 Å². The molecule has 3 rings (SSSR count). The first kappa shape index (κ1) is 14.5. The van der Waals surface area contributed by atoms with Crippen molar-refractivity contribution in [3.8, 4) is 0 Å². The number of likely N-dealkylation sites (tertiary alicyclic amines) is 1. The molecule has 1 aromatic rings. The summed E-state index contributed by atoms with van der Waals surface area (Å²) in [4.78, 5) is 13.8. The van der Waals surface area contributed by atoms with E-state index >= 15 is 0 Å². The van der Waals surface area contributed by atoms with Crippen molar-refractivity contribution in [1.82, 2.24) is 10.1 Å². The summed E-state index contributed by atoms with van der Waals surface area (Å²) >= 11 is 0. The van der Waals surface area contributed by atoms with Gasteiger partial charge in [-0.25, -0.2) is 0 Å². The Kier molecular flexibility index (Phi) is 4.55. The number of ether oxygens (including phenoxy) is 1. The third kappa shape index (κ3) is 3.63. The maximum atomic E-state index is 11.4. The SMILES string of the molecule is NC(=O)[C@@H]1CCO[C@@H]1CC1CCN(Cc2ccno2)CC1. The summed E-state index contributed by atoms with van der Waals surface area (Å²) < 4.78 is 10.9. The van der Waals surface area contributed by atoms with Crippen LogP contribution < -0.4 is 5.73 Å². The van der Waals surface area contributed by atoms with Gasteiger partial charge in [0.25, 0.3) is 0 Å². The van der Waals surface area contributed by atoms with Gasteiger partial charge in [-0.1, -0.05) is 5.16 Å². The number of rotatable bonds is 5. The number of amides is 1. The molecular formula is C15H23N3O3. The monoisotopic (exact) mass is 293 g/mol. The Labute approximate surface area is 124 Å². The summed E-state index contributed by atoms with van der Waals surface area (Å²) in [5.74, 6) is 1.25. The Balaban J connectivity index is 1.44. The third-order valence-electron chi connectivity index (χ3n) is 4.72. The lowest BCUT2D eigenvalue weighted by atomic mass is 9.86. The van der Waals surface area contributed by atoms with Gasteiger partial charge in [-0.2, -0.15) is 0 Å². The van der Waals surface area contributed by atoms with E-state index in [0.29, 0.717) is 12.5 Å². The predicted molar refractivity (Wildman–Crippen MR) is 76.2 cm³/mol. The Hall–Kier alpha value is -1.40. The first-order valence-electron chi connectivity index (χ1n) is 7.75. The number of nitrogens with zero attached hydrogens (tertiary/aromatic N) is 2. The minimum atomic E-state index is -0.208. The molecule has 0 aromatic carbocycles. The van der Waals surface area contributed by atoms with Gasteiger partial charge in [0.05, 0.1) is 24.8 Å². The molecule has 2 saturated heterocycles. The molecular weight excluding hydrogens is 270 g/mol. The fourth-order valence-electron chi connectivity index (χ4n) is 3.46. The lowest BCUT2D eigenvalue weighted by Crippen LogP contribution is -2.36. The number of piperidine rings is 1. The fraction of sp³-hybridized carbons (Fsp3) is 0.733. The summed E-state index contributed by atoms with van der Waals surface area (Å²) in [6.45, 7) is 3.61. The van der Waals surface area contributed by atoms with Gasteiger partial charge in [-0.15, -0.1) is 0 Å². The van der Waals surface area contributed by atoms with Crippen LogP contribution in [0.3, 0.4) is 0 Å². The second kappa shape index (κ2) is 6.58. The first-order valence-corrected chi connectivity index (χ1v) is 7.75. The standard InChI is InChI=1S/C15H23N3O3/c16-15(19)13-4-8-20-14(13)9-11-2-6-18(7-3-11)10-12-1-5-17-21-12/h1,5,11,13-14H,2-4,6-10H2,(H2,16,19)/t13-,14-/m1/s1. The Morgan fingerprint density at radius 1 is 1.38 bits per heavy atom. The molecule has 116 valence electrons. The minimum Gasteiger partial charge on any atom is -0.377 e. The molecule has 6 nitrogen and oxygen atoms in total. The second-order valence-electron chi connectivity index (χ2n) is 6.14. The van der Waals surface area contributed by atoms with Crippen LogP contribution in [-0.4, -0.2) is 41.8 Å². The van der Waals surface area contributed by atoms with Crippen molar-refractivity contribution in [2.24, 2.45) is 17.6 Å². The Bertz CT molecular complexity index is 455. The Morgan fingerprint density at radius 2 is 2.19 bits per heavy atom. The van der Waals surface area contributed by atoms with Crippen LogP contribution in [0.4, 0.5) is 0 Å². The molecule has 0 aliphatic carbocycles. The summed E-state index contributed by atoms with van der Waals surface area (Å²) in [6.07, 6.45) is 5.74. The third-order valence-corrected chi connectivity index (χ3v) is 4.72. The van der Waals surface area contributed by atoms with E-state index in [9.17, 15) is 4.79 Å². The first-order chi connectivity index (χ1) is 10.2. The maximum absolute atomic E-state index is 11.4. The van der Waals surface area contributed by atoms with E-state index in [0.717, 1.165) is 51.1 Å². The predicted octanol–water partition coefficient (Wildman–Crippen LogP) is 1.17. The van der Waals surface area contributed by atoms with Crippen LogP contribution in [0.1, 0.15) is 31.4 Å². The van der Waals surface area contributed by atoms with Crippen molar-refractivity contribution in [2.45, 2.75) is 38.3 Å². The largest absolute Gasteiger partial charge is 0.377 e. The number of nitrogens with two attached hydrogens (primary N) is 1. The molecule has 6 heteroatoms. The summed E-state index contributed by atoms with van der Waals surface area (Å²) in [5, 5.41) is 3.73. The van der Waals surface area contributed by atoms with Gasteiger partial charge in [-0.3, -0.25) is 9.69 Å². The molecule has 0 saturated carbocycles. The van der Waals surface area contributed by atoms with E-state index in [-0.39, 0.29) is 17.9 Å². The number of primary amides is 1. The molecule has 0 spiro atoms. The van der Waals surface area contributed by atoms with Crippen LogP contribution in [0, 0.1) is 11.8 Å². The van der Waals surface area contributed by atoms with Crippen LogP contribution >= 0.6 is 0 Å². The van der Waals surface area contributed by atoms with E-state index in [4.69, 9.17) is 15.0 Å². The fourth-order valence-corrected chi connectivity index (χ4v) is 3.46. The van der Waals surface area contributed by atoms with Crippen LogP contribution in [0.5, 0.6) is 0 Å². The van der Waals surface area contributed by atoms with Gasteiger partial charge in [0.15, 0.2) is 5.76 Å². The average molecular weight is 293 g/mol. The van der Waals surface area contributed by atoms with Crippen molar-refractivity contribution in [1.29, 1.82) is 0 Å². The molecule has 2 fully saturated rings. The van der Waals surface area contributed by atoms with E-state index in [1.165, 1.54) is 0 Å². The number of carbonyl (C=O) groups excluding carboxylic acids is 1. The number of carbonyl (C=O) groups is 1. The van der Waals surface area contributed by atoms with Gasteiger partial charge < -0.3 is 15.0 Å². The number of hydrogen-bond acceptors (Lipinski definition) is 5. The van der Waals surface area contributed by atoms with Crippen LogP contribution in [-0.2, 0) is 16.1 Å². The molecule has 21 heavy (non-hydrogen) atoms. The molecule has 2 aliphatic rings. The summed E-state index contributed by atoms with van der Waals surface area (Å²) in [7, 11) is 0. The summed E-state index contributed by atoms with van der Waals surface area (Å²) in [6, 6.07) is 1.91. The molecule has 0 unspecified atom stereocenters. The minimum absolute atomic E-state index is 0.0355. The Morgan fingerprint density at radius 3 is 2.86 bits per heavy atom. The zero-order valence-corrected chi connectivity index (χ0v) is 12.2. The van der Waals surface area contributed by atoms with Crippen molar-refractivity contribution in [3.05, 3.63) is 18.0 Å². The lowest BCUT2D eigenvalue weighted by molar-refractivity contribution is -0.123. The van der Waals surface area contributed by atoms with Gasteiger partial charge in [0.2, 0.25) is 5.91 Å². The lowest BCUT2D eigenvalue weighted by Gasteiger charge is -2.32. The van der Waals surface area contributed by atoms with Gasteiger partial charge >= 0.3 is 0 Å². The molecule has 0 radical (unpaired) electrons. The normalized spacial score (nSPS) is 28.0. The van der Waals surface area contributed by atoms with E-state index < -0.39 is 0 Å². The number of hydrogen-bond donors (Lipinski definition) is 1. The van der Waals surface area contributed by atoms with Crippen LogP contribution in [0.25, 0.3) is 0 Å². The highest BCUT2D eigenvalue weighted by atomic mass is 16.5. The smallest absolute Gasteiger partial charge is 0.223 e. The van der Waals surface area contributed by atoms with Crippen molar-refractivity contribution in [3.63, 3.8) is 0 Å². The van der Waals surface area contributed by atoms with Crippen LogP contribution in [0.2, 0.25) is 0 Å². The molecule has 0 bridgehead atoms. The van der Waals surface area contributed by atoms with Gasteiger partial charge in [-0.05, 0) is 44.7 Å². The maximum Gasteiger partial charge on any atom is 0.223 e. The highest BCUT2D eigenvalue weighted by molar-refractivity contribution is 5.77. The molecule has 2 N–H and O–H groups in total. The van der Waals surface area contributed by atoms with Crippen LogP contribution in [0.15, 0.2) is 16.8 Å². The highest BCUT2D eigenvalue weighted by Gasteiger charge is 2.35. The van der Waals surface area contributed by atoms with E-state index in [1.54, 1.807) is 6.20 Å². The second-order valence-corrected chi connectivity index (χ2v) is 6.14. The van der Waals surface area contributed by atoms with E-state index in [1.807, 2.05) is 6.07 Å². The quantitative estimate of drug-likeness (QED) is 0.881. The number of aromatic nitrogens is 1. The molecule has 3 heterocycles. The van der Waals surface area contributed by atoms with Gasteiger partial charge in [0, 0.05) is 12.7 Å². The topological polar surface area (TPSA) is 81.6 Å².